The van der Waals surface area contributed by atoms with Crippen LogP contribution in [0.15, 0.2) is 46.3 Å². The lowest BCUT2D eigenvalue weighted by Crippen LogP contribution is -2.24. The maximum Gasteiger partial charge on any atom is 0.274 e. The van der Waals surface area contributed by atoms with Crippen molar-refractivity contribution < 1.29 is 21.3 Å². The van der Waals surface area contributed by atoms with E-state index in [1.54, 1.807) is 6.07 Å². The van der Waals surface area contributed by atoms with Crippen LogP contribution in [-0.4, -0.2) is 39.2 Å². The number of hydrogen-bond donors (Lipinski definition) is 0. The molecular weight excluding hydrogens is 547 g/mol. The molecule has 1 aliphatic rings. The minimum atomic E-state index is -3.97. The molecule has 0 bridgehead atoms. The Morgan fingerprint density at radius 2 is 1.92 bits per heavy atom. The van der Waals surface area contributed by atoms with Crippen LogP contribution in [0.1, 0.15) is 39.3 Å². The SMILES string of the molecule is [2H]C([2H])([2H])n1ncc([C@H]2C[C@@H]2c2cc(C)n(-c3c(Cl)cnc(-c4cccc(S(C)(=O)=O)c4F)c3F)c(=O)c2Cl)n1. The summed E-state index contributed by atoms with van der Waals surface area (Å²) in [6.45, 7) is -0.997. The van der Waals surface area contributed by atoms with E-state index in [2.05, 4.69) is 15.2 Å². The van der Waals surface area contributed by atoms with Crippen molar-refractivity contribution >= 4 is 33.0 Å². The molecular formula is C24H19Cl2F2N5O3S. The Labute approximate surface area is 224 Å². The second-order valence-electron chi connectivity index (χ2n) is 8.71. The van der Waals surface area contributed by atoms with E-state index in [-0.39, 0.29) is 27.6 Å². The van der Waals surface area contributed by atoms with Crippen LogP contribution in [0.25, 0.3) is 16.9 Å². The van der Waals surface area contributed by atoms with Gasteiger partial charge in [-0.1, -0.05) is 29.3 Å². The molecule has 1 saturated carbocycles. The van der Waals surface area contributed by atoms with Gasteiger partial charge in [0.2, 0.25) is 0 Å². The van der Waals surface area contributed by atoms with Crippen LogP contribution in [-0.2, 0) is 16.8 Å². The molecule has 0 saturated heterocycles. The first-order valence-corrected chi connectivity index (χ1v) is 13.4. The second kappa shape index (κ2) is 9.00. The fourth-order valence-electron chi connectivity index (χ4n) is 4.42. The lowest BCUT2D eigenvalue weighted by Gasteiger charge is -2.17. The van der Waals surface area contributed by atoms with E-state index in [1.165, 1.54) is 19.2 Å². The molecule has 0 unspecified atom stereocenters. The number of aryl methyl sites for hydroxylation is 2. The van der Waals surface area contributed by atoms with E-state index in [0.717, 1.165) is 29.2 Å². The molecule has 1 aliphatic carbocycles. The lowest BCUT2D eigenvalue weighted by molar-refractivity contribution is 0.569. The van der Waals surface area contributed by atoms with E-state index < -0.39 is 55.8 Å². The summed E-state index contributed by atoms with van der Waals surface area (Å²) in [4.78, 5) is 17.3. The number of aromatic nitrogens is 5. The fraction of sp³-hybridized carbons (Fsp3) is 0.250. The van der Waals surface area contributed by atoms with E-state index in [4.69, 9.17) is 27.3 Å². The van der Waals surface area contributed by atoms with Crippen molar-refractivity contribution in [2.75, 3.05) is 6.26 Å². The van der Waals surface area contributed by atoms with E-state index >= 15 is 8.78 Å². The van der Waals surface area contributed by atoms with Gasteiger partial charge in [-0.2, -0.15) is 15.0 Å². The van der Waals surface area contributed by atoms with Crippen molar-refractivity contribution in [2.45, 2.75) is 30.1 Å². The first-order chi connectivity index (χ1) is 18.6. The first-order valence-electron chi connectivity index (χ1n) is 12.3. The molecule has 3 heterocycles. The molecule has 0 amide bonds. The quantitative estimate of drug-likeness (QED) is 0.349. The van der Waals surface area contributed by atoms with Gasteiger partial charge in [0.1, 0.15) is 21.3 Å². The Bertz CT molecular complexity index is 1860. The van der Waals surface area contributed by atoms with Gasteiger partial charge in [0, 0.05) is 40.7 Å². The summed E-state index contributed by atoms with van der Waals surface area (Å²) in [5.74, 6) is -2.83. The number of nitrogens with zero attached hydrogens (tertiary/aromatic N) is 5. The maximum absolute atomic E-state index is 15.9. The van der Waals surface area contributed by atoms with Crippen molar-refractivity contribution in [3.05, 3.63) is 85.6 Å². The highest BCUT2D eigenvalue weighted by Crippen LogP contribution is 2.55. The molecule has 4 aromatic rings. The van der Waals surface area contributed by atoms with Crippen molar-refractivity contribution in [2.24, 2.45) is 6.98 Å². The summed E-state index contributed by atoms with van der Waals surface area (Å²) in [7, 11) is -3.97. The molecule has 5 rings (SSSR count). The Morgan fingerprint density at radius 1 is 1.16 bits per heavy atom. The van der Waals surface area contributed by atoms with Gasteiger partial charge in [-0.3, -0.25) is 14.3 Å². The highest BCUT2D eigenvalue weighted by molar-refractivity contribution is 7.90. The van der Waals surface area contributed by atoms with Crippen molar-refractivity contribution in [3.63, 3.8) is 0 Å². The largest absolute Gasteiger partial charge is 0.276 e. The summed E-state index contributed by atoms with van der Waals surface area (Å²) < 4.78 is 78.2. The van der Waals surface area contributed by atoms with Crippen LogP contribution < -0.4 is 5.56 Å². The van der Waals surface area contributed by atoms with Crippen molar-refractivity contribution in [1.82, 2.24) is 24.5 Å². The van der Waals surface area contributed by atoms with Gasteiger partial charge in [-0.05, 0) is 43.0 Å². The van der Waals surface area contributed by atoms with Crippen LogP contribution in [0.2, 0.25) is 10.0 Å². The van der Waals surface area contributed by atoms with Gasteiger partial charge < -0.3 is 0 Å². The summed E-state index contributed by atoms with van der Waals surface area (Å²) >= 11 is 12.7. The van der Waals surface area contributed by atoms with E-state index in [9.17, 15) is 13.2 Å². The molecule has 2 atom stereocenters. The highest BCUT2D eigenvalue weighted by Gasteiger charge is 2.43. The molecule has 3 aromatic heterocycles. The van der Waals surface area contributed by atoms with E-state index in [0.29, 0.717) is 22.5 Å². The van der Waals surface area contributed by atoms with Gasteiger partial charge in [-0.25, -0.2) is 17.2 Å². The monoisotopic (exact) mass is 568 g/mol. The molecule has 0 radical (unpaired) electrons. The zero-order valence-corrected chi connectivity index (χ0v) is 21.5. The topological polar surface area (TPSA) is 99.7 Å². The predicted octanol–water partition coefficient (Wildman–Crippen LogP) is 4.60. The van der Waals surface area contributed by atoms with Crippen LogP contribution in [0.3, 0.4) is 0 Å². The lowest BCUT2D eigenvalue weighted by atomic mass is 10.1. The number of benzene rings is 1. The second-order valence-corrected chi connectivity index (χ2v) is 11.5. The normalized spacial score (nSPS) is 18.8. The molecule has 13 heteroatoms. The minimum absolute atomic E-state index is 0.208. The predicted molar refractivity (Wildman–Crippen MR) is 134 cm³/mol. The molecule has 0 aliphatic heterocycles. The average molecular weight is 569 g/mol. The molecule has 1 fully saturated rings. The Kier molecular flexibility index (Phi) is 5.32. The van der Waals surface area contributed by atoms with Gasteiger partial charge in [-0.15, -0.1) is 0 Å². The number of hydrogen-bond acceptors (Lipinski definition) is 6. The van der Waals surface area contributed by atoms with E-state index in [1.807, 2.05) is 0 Å². The molecule has 0 spiro atoms. The van der Waals surface area contributed by atoms with Gasteiger partial charge >= 0.3 is 0 Å². The zero-order valence-electron chi connectivity index (χ0n) is 22.2. The third-order valence-electron chi connectivity index (χ3n) is 6.23. The van der Waals surface area contributed by atoms with Crippen LogP contribution in [0.4, 0.5) is 8.78 Å². The summed E-state index contributed by atoms with van der Waals surface area (Å²) in [5.41, 5.74) is -1.05. The Morgan fingerprint density at radius 3 is 2.59 bits per heavy atom. The van der Waals surface area contributed by atoms with Crippen LogP contribution >= 0.6 is 23.2 Å². The molecule has 192 valence electrons. The third kappa shape index (κ3) is 4.34. The van der Waals surface area contributed by atoms with Crippen molar-refractivity contribution in [1.29, 1.82) is 0 Å². The summed E-state index contributed by atoms with van der Waals surface area (Å²) in [6.07, 6.45) is 3.73. The fourth-order valence-corrected chi connectivity index (χ4v) is 5.68. The zero-order chi connectivity index (χ0) is 29.3. The van der Waals surface area contributed by atoms with Gasteiger partial charge in [0.25, 0.3) is 5.56 Å². The van der Waals surface area contributed by atoms with Gasteiger partial charge in [0.15, 0.2) is 21.5 Å². The Balaban J connectivity index is 1.58. The van der Waals surface area contributed by atoms with Crippen molar-refractivity contribution in [3.8, 4) is 16.9 Å². The maximum atomic E-state index is 15.9. The molecule has 37 heavy (non-hydrogen) atoms. The third-order valence-corrected chi connectivity index (χ3v) is 8.00. The van der Waals surface area contributed by atoms with Crippen LogP contribution in [0, 0.1) is 18.6 Å². The van der Waals surface area contributed by atoms with Crippen LogP contribution in [0.5, 0.6) is 0 Å². The number of pyridine rings is 2. The molecule has 8 nitrogen and oxygen atoms in total. The van der Waals surface area contributed by atoms with Gasteiger partial charge in [0.05, 0.1) is 16.9 Å². The average Bonchev–Trinajstić information content (AvgIpc) is 3.47. The summed E-state index contributed by atoms with van der Waals surface area (Å²) in [6, 6.07) is 5.04. The minimum Gasteiger partial charge on any atom is -0.276 e. The number of rotatable bonds is 5. The Hall–Kier alpha value is -3.15. The molecule has 0 N–H and O–H groups in total. The smallest absolute Gasteiger partial charge is 0.274 e. The number of halogens is 4. The standard InChI is InChI=1S/C24H19Cl2F2N5O3S/c1-11-7-15(13-8-14(13)17-10-30-32(2)31-17)19(26)24(34)33(11)23-16(25)9-29-22(21(23)28)12-5-4-6-18(20(12)27)37(3,35)36/h4-7,9-10,13-14H,8H2,1-3H3/t13-,14-/m0/s1/i2D3. The first kappa shape index (κ1) is 21.9. The summed E-state index contributed by atoms with van der Waals surface area (Å²) in [5, 5.41) is 7.34. The molecule has 1 aromatic carbocycles. The number of sulfone groups is 1. The highest BCUT2D eigenvalue weighted by atomic mass is 35.5.